The summed E-state index contributed by atoms with van der Waals surface area (Å²) in [5.41, 5.74) is 2.23. The van der Waals surface area contributed by atoms with E-state index in [0.29, 0.717) is 5.92 Å². The largest absolute Gasteiger partial charge is 0.326 e. The number of hydrogen-bond acceptors (Lipinski definition) is 3. The maximum Gasteiger partial charge on any atom is 0.227 e. The molecule has 5 nitrogen and oxygen atoms in total. The van der Waals surface area contributed by atoms with Gasteiger partial charge in [0.15, 0.2) is 0 Å². The Morgan fingerprint density at radius 2 is 1.91 bits per heavy atom. The molecular weight excluding hydrogens is 288 g/mol. The minimum Gasteiger partial charge on any atom is -0.326 e. The molecular formula is C18H22N4O. The molecule has 2 heterocycles. The highest BCUT2D eigenvalue weighted by Crippen LogP contribution is 2.29. The third kappa shape index (κ3) is 3.00. The molecule has 1 aromatic heterocycles. The molecule has 0 radical (unpaired) electrons. The van der Waals surface area contributed by atoms with E-state index in [4.69, 9.17) is 0 Å². The molecule has 2 aromatic rings. The standard InChI is InChI=1S/C18H22N4O/c23-18(14-3-1-2-4-14)20-16-8-5-13(6-9-16)15-7-10-17-21-19-12-22(17)11-15/h5-6,8-9,12,14-15H,1-4,7,10-11H2,(H,20,23). The number of anilines is 1. The lowest BCUT2D eigenvalue weighted by molar-refractivity contribution is -0.119. The van der Waals surface area contributed by atoms with Gasteiger partial charge in [0.25, 0.3) is 0 Å². The average molecular weight is 310 g/mol. The minimum absolute atomic E-state index is 0.182. The number of carbonyl (C=O) groups excluding carboxylic acids is 1. The average Bonchev–Trinajstić information content (AvgIpc) is 3.26. The van der Waals surface area contributed by atoms with Crippen molar-refractivity contribution in [2.24, 2.45) is 5.92 Å². The van der Waals surface area contributed by atoms with Crippen molar-refractivity contribution in [1.82, 2.24) is 14.8 Å². The Morgan fingerprint density at radius 1 is 1.13 bits per heavy atom. The maximum absolute atomic E-state index is 12.2. The molecule has 0 bridgehead atoms. The lowest BCUT2D eigenvalue weighted by Gasteiger charge is -2.23. The number of benzene rings is 1. The van der Waals surface area contributed by atoms with E-state index >= 15 is 0 Å². The van der Waals surface area contributed by atoms with E-state index in [-0.39, 0.29) is 11.8 Å². The first kappa shape index (κ1) is 14.4. The SMILES string of the molecule is O=C(Nc1ccc(C2CCc3nncn3C2)cc1)C1CCCC1. The second-order valence-electron chi connectivity index (χ2n) is 6.73. The number of carbonyl (C=O) groups is 1. The Balaban J connectivity index is 1.41. The Morgan fingerprint density at radius 3 is 2.70 bits per heavy atom. The number of aryl methyl sites for hydroxylation is 1. The van der Waals surface area contributed by atoms with Gasteiger partial charge in [-0.15, -0.1) is 10.2 Å². The van der Waals surface area contributed by atoms with Gasteiger partial charge in [-0.25, -0.2) is 0 Å². The summed E-state index contributed by atoms with van der Waals surface area (Å²) in [6.45, 7) is 0.941. The van der Waals surface area contributed by atoms with Crippen LogP contribution in [0.15, 0.2) is 30.6 Å². The van der Waals surface area contributed by atoms with Crippen molar-refractivity contribution in [3.8, 4) is 0 Å². The molecule has 120 valence electrons. The van der Waals surface area contributed by atoms with Crippen LogP contribution in [0.25, 0.3) is 0 Å². The summed E-state index contributed by atoms with van der Waals surface area (Å²) >= 11 is 0. The fourth-order valence-electron chi connectivity index (χ4n) is 3.80. The summed E-state index contributed by atoms with van der Waals surface area (Å²) in [6, 6.07) is 8.35. The molecule has 1 atom stereocenters. The molecule has 1 aliphatic carbocycles. The molecule has 1 N–H and O–H groups in total. The molecule has 4 rings (SSSR count). The lowest BCUT2D eigenvalue weighted by atomic mass is 9.91. The molecule has 1 fully saturated rings. The number of nitrogens with one attached hydrogen (secondary N) is 1. The molecule has 1 aromatic carbocycles. The van der Waals surface area contributed by atoms with E-state index in [9.17, 15) is 4.79 Å². The van der Waals surface area contributed by atoms with E-state index in [2.05, 4.69) is 32.2 Å². The van der Waals surface area contributed by atoms with Gasteiger partial charge in [0.1, 0.15) is 12.2 Å². The predicted octanol–water partition coefficient (Wildman–Crippen LogP) is 3.14. The summed E-state index contributed by atoms with van der Waals surface area (Å²) in [7, 11) is 0. The first-order valence-electron chi connectivity index (χ1n) is 8.57. The smallest absolute Gasteiger partial charge is 0.227 e. The van der Waals surface area contributed by atoms with E-state index in [1.54, 1.807) is 0 Å². The molecule has 2 aliphatic rings. The van der Waals surface area contributed by atoms with Gasteiger partial charge in [0.2, 0.25) is 5.91 Å². The molecule has 1 amide bonds. The van der Waals surface area contributed by atoms with Crippen molar-refractivity contribution >= 4 is 11.6 Å². The van der Waals surface area contributed by atoms with E-state index in [0.717, 1.165) is 43.7 Å². The zero-order valence-corrected chi connectivity index (χ0v) is 13.2. The van der Waals surface area contributed by atoms with Crippen LogP contribution in [0.4, 0.5) is 5.69 Å². The van der Waals surface area contributed by atoms with Gasteiger partial charge < -0.3 is 9.88 Å². The number of nitrogens with zero attached hydrogens (tertiary/aromatic N) is 3. The highest BCUT2D eigenvalue weighted by molar-refractivity contribution is 5.92. The summed E-state index contributed by atoms with van der Waals surface area (Å²) in [5, 5.41) is 11.2. The number of aromatic nitrogens is 3. The summed E-state index contributed by atoms with van der Waals surface area (Å²) in [4.78, 5) is 12.2. The fraction of sp³-hybridized carbons (Fsp3) is 0.500. The van der Waals surface area contributed by atoms with Crippen molar-refractivity contribution in [2.75, 3.05) is 5.32 Å². The molecule has 0 spiro atoms. The third-order valence-corrected chi connectivity index (χ3v) is 5.20. The van der Waals surface area contributed by atoms with Crippen LogP contribution in [0, 0.1) is 5.92 Å². The predicted molar refractivity (Wildman–Crippen MR) is 88.1 cm³/mol. The highest BCUT2D eigenvalue weighted by Gasteiger charge is 2.23. The van der Waals surface area contributed by atoms with Crippen LogP contribution in [0.1, 0.15) is 49.4 Å². The van der Waals surface area contributed by atoms with Crippen LogP contribution in [0.3, 0.4) is 0 Å². The molecule has 0 saturated heterocycles. The fourth-order valence-corrected chi connectivity index (χ4v) is 3.80. The number of hydrogen-bond donors (Lipinski definition) is 1. The van der Waals surface area contributed by atoms with Gasteiger partial charge in [0, 0.05) is 30.5 Å². The normalized spacial score (nSPS) is 21.1. The zero-order chi connectivity index (χ0) is 15.6. The molecule has 1 unspecified atom stereocenters. The van der Waals surface area contributed by atoms with Gasteiger partial charge >= 0.3 is 0 Å². The van der Waals surface area contributed by atoms with E-state index in [1.165, 1.54) is 18.4 Å². The third-order valence-electron chi connectivity index (χ3n) is 5.20. The van der Waals surface area contributed by atoms with Crippen molar-refractivity contribution in [3.63, 3.8) is 0 Å². The van der Waals surface area contributed by atoms with Gasteiger partial charge in [-0.2, -0.15) is 0 Å². The number of amides is 1. The number of rotatable bonds is 3. The van der Waals surface area contributed by atoms with Crippen molar-refractivity contribution in [2.45, 2.75) is 51.0 Å². The quantitative estimate of drug-likeness (QED) is 0.947. The van der Waals surface area contributed by atoms with E-state index in [1.807, 2.05) is 18.5 Å². The molecule has 23 heavy (non-hydrogen) atoms. The van der Waals surface area contributed by atoms with Crippen molar-refractivity contribution in [1.29, 1.82) is 0 Å². The van der Waals surface area contributed by atoms with Crippen LogP contribution >= 0.6 is 0 Å². The first-order chi connectivity index (χ1) is 11.3. The first-order valence-corrected chi connectivity index (χ1v) is 8.57. The van der Waals surface area contributed by atoms with Gasteiger partial charge in [-0.05, 0) is 37.0 Å². The second kappa shape index (κ2) is 6.14. The Hall–Kier alpha value is -2.17. The van der Waals surface area contributed by atoms with Gasteiger partial charge in [-0.1, -0.05) is 25.0 Å². The monoisotopic (exact) mass is 310 g/mol. The van der Waals surface area contributed by atoms with Crippen molar-refractivity contribution in [3.05, 3.63) is 42.0 Å². The maximum atomic E-state index is 12.2. The van der Waals surface area contributed by atoms with Crippen molar-refractivity contribution < 1.29 is 4.79 Å². The Labute approximate surface area is 136 Å². The minimum atomic E-state index is 0.182. The summed E-state index contributed by atoms with van der Waals surface area (Å²) in [5.74, 6) is 1.97. The van der Waals surface area contributed by atoms with Gasteiger partial charge in [0.05, 0.1) is 0 Å². The lowest BCUT2D eigenvalue weighted by Crippen LogP contribution is -2.20. The van der Waals surface area contributed by atoms with Crippen LogP contribution in [0.2, 0.25) is 0 Å². The highest BCUT2D eigenvalue weighted by atomic mass is 16.1. The van der Waals surface area contributed by atoms with Crippen LogP contribution in [0.5, 0.6) is 0 Å². The number of fused-ring (bicyclic) bond motifs is 1. The molecule has 1 aliphatic heterocycles. The van der Waals surface area contributed by atoms with Crippen LogP contribution in [-0.2, 0) is 17.8 Å². The summed E-state index contributed by atoms with van der Waals surface area (Å²) < 4.78 is 2.14. The topological polar surface area (TPSA) is 59.8 Å². The Kier molecular flexibility index (Phi) is 3.85. The van der Waals surface area contributed by atoms with Gasteiger partial charge in [-0.3, -0.25) is 4.79 Å². The van der Waals surface area contributed by atoms with Crippen LogP contribution in [-0.4, -0.2) is 20.7 Å². The Bertz CT molecular complexity index is 685. The second-order valence-corrected chi connectivity index (χ2v) is 6.73. The summed E-state index contributed by atoms with van der Waals surface area (Å²) in [6.07, 6.45) is 8.34. The zero-order valence-electron chi connectivity index (χ0n) is 13.2. The van der Waals surface area contributed by atoms with Crippen LogP contribution < -0.4 is 5.32 Å². The molecule has 1 saturated carbocycles. The van der Waals surface area contributed by atoms with E-state index < -0.39 is 0 Å². The molecule has 5 heteroatoms.